The molecule has 1 aromatic heterocycles. The molecular weight excluding hydrogens is 205 g/mol. The number of halogens is 3. The maximum absolute atomic E-state index is 11.5. The average molecular weight is 212 g/mol. The quantitative estimate of drug-likeness (QED) is 0.609. The molecule has 0 fully saturated rings. The van der Waals surface area contributed by atoms with Crippen molar-refractivity contribution in [3.05, 3.63) is 16.6 Å². The smallest absolute Gasteiger partial charge is 0.292 e. The Morgan fingerprint density at radius 1 is 1.54 bits per heavy atom. The summed E-state index contributed by atoms with van der Waals surface area (Å²) in [6.07, 6.45) is -2.72. The number of thiazole rings is 1. The molecule has 7 heteroatoms. The molecular formula is C6H7F3N2OS. The van der Waals surface area contributed by atoms with Gasteiger partial charge in [-0.2, -0.15) is 18.7 Å². The van der Waals surface area contributed by atoms with Crippen LogP contribution in [0.1, 0.15) is 5.01 Å². The zero-order valence-corrected chi connectivity index (χ0v) is 7.28. The number of nitrogens with one attached hydrogen (secondary N) is 1. The summed E-state index contributed by atoms with van der Waals surface area (Å²) in [7, 11) is 0. The normalized spacial score (nSPS) is 11.9. The summed E-state index contributed by atoms with van der Waals surface area (Å²) < 4.78 is 34.6. The van der Waals surface area contributed by atoms with Crippen LogP contribution in [0.3, 0.4) is 0 Å². The van der Waals surface area contributed by atoms with Gasteiger partial charge in [-0.15, -0.1) is 11.3 Å². The second-order valence-corrected chi connectivity index (χ2v) is 3.13. The Balaban J connectivity index is 2.09. The van der Waals surface area contributed by atoms with Crippen molar-refractivity contribution in [3.63, 3.8) is 0 Å². The molecule has 0 aliphatic heterocycles. The van der Waals surface area contributed by atoms with E-state index in [2.05, 4.69) is 15.3 Å². The molecule has 0 aliphatic carbocycles. The van der Waals surface area contributed by atoms with E-state index < -0.39 is 12.8 Å². The van der Waals surface area contributed by atoms with Gasteiger partial charge in [-0.25, -0.2) is 4.98 Å². The van der Waals surface area contributed by atoms with Gasteiger partial charge >= 0.3 is 6.18 Å². The fourth-order valence-electron chi connectivity index (χ4n) is 0.586. The average Bonchev–Trinajstić information content (AvgIpc) is 2.48. The van der Waals surface area contributed by atoms with Crippen LogP contribution in [-0.4, -0.2) is 17.8 Å². The second-order valence-electron chi connectivity index (χ2n) is 2.15. The molecule has 0 unspecified atom stereocenters. The van der Waals surface area contributed by atoms with Gasteiger partial charge in [-0.1, -0.05) is 0 Å². The van der Waals surface area contributed by atoms with Crippen molar-refractivity contribution in [1.29, 1.82) is 0 Å². The molecule has 1 aromatic rings. The maximum Gasteiger partial charge on any atom is 0.413 e. The minimum absolute atomic E-state index is 0.188. The lowest BCUT2D eigenvalue weighted by atomic mass is 10.7. The van der Waals surface area contributed by atoms with Gasteiger partial charge < -0.3 is 0 Å². The van der Waals surface area contributed by atoms with Gasteiger partial charge in [0.25, 0.3) is 0 Å². The molecule has 1 heterocycles. The minimum atomic E-state index is -4.30. The van der Waals surface area contributed by atoms with Crippen molar-refractivity contribution in [2.75, 3.05) is 6.61 Å². The third-order valence-electron chi connectivity index (χ3n) is 1.04. The van der Waals surface area contributed by atoms with Crippen LogP contribution in [0.15, 0.2) is 11.6 Å². The highest BCUT2D eigenvalue weighted by Gasteiger charge is 2.27. The predicted molar refractivity (Wildman–Crippen MR) is 41.0 cm³/mol. The van der Waals surface area contributed by atoms with Crippen LogP contribution < -0.4 is 5.48 Å². The van der Waals surface area contributed by atoms with Crippen LogP contribution in [0, 0.1) is 0 Å². The summed E-state index contributed by atoms with van der Waals surface area (Å²) in [6.45, 7) is -1.11. The minimum Gasteiger partial charge on any atom is -0.292 e. The number of rotatable bonds is 4. The first kappa shape index (κ1) is 10.4. The van der Waals surface area contributed by atoms with Crippen LogP contribution in [0.2, 0.25) is 0 Å². The van der Waals surface area contributed by atoms with Crippen LogP contribution in [0.5, 0.6) is 0 Å². The third kappa shape index (κ3) is 4.81. The van der Waals surface area contributed by atoms with Crippen LogP contribution in [-0.2, 0) is 11.4 Å². The fourth-order valence-corrected chi connectivity index (χ4v) is 1.13. The highest BCUT2D eigenvalue weighted by atomic mass is 32.1. The third-order valence-corrected chi connectivity index (χ3v) is 1.82. The molecule has 0 saturated carbocycles. The van der Waals surface area contributed by atoms with E-state index in [0.717, 1.165) is 0 Å². The summed E-state index contributed by atoms with van der Waals surface area (Å²) >= 11 is 1.35. The number of hydroxylamine groups is 1. The summed E-state index contributed by atoms with van der Waals surface area (Å²) in [5, 5.41) is 2.42. The van der Waals surface area contributed by atoms with E-state index in [0.29, 0.717) is 5.01 Å². The van der Waals surface area contributed by atoms with E-state index >= 15 is 0 Å². The molecule has 74 valence electrons. The number of alkyl halides is 3. The fraction of sp³-hybridized carbons (Fsp3) is 0.500. The Kier molecular flexibility index (Phi) is 3.64. The van der Waals surface area contributed by atoms with Crippen molar-refractivity contribution < 1.29 is 18.0 Å². The Morgan fingerprint density at radius 3 is 2.85 bits per heavy atom. The molecule has 0 radical (unpaired) electrons. The number of hydrogen-bond donors (Lipinski definition) is 1. The van der Waals surface area contributed by atoms with Crippen molar-refractivity contribution >= 4 is 11.3 Å². The molecule has 0 atom stereocenters. The van der Waals surface area contributed by atoms with E-state index in [1.807, 2.05) is 0 Å². The number of hydrogen-bond acceptors (Lipinski definition) is 4. The second kappa shape index (κ2) is 4.54. The molecule has 0 aromatic carbocycles. The largest absolute Gasteiger partial charge is 0.413 e. The van der Waals surface area contributed by atoms with Crippen molar-refractivity contribution in [2.24, 2.45) is 0 Å². The highest BCUT2D eigenvalue weighted by Crippen LogP contribution is 2.13. The van der Waals surface area contributed by atoms with Gasteiger partial charge in [0.2, 0.25) is 0 Å². The topological polar surface area (TPSA) is 34.1 Å². The molecule has 1 N–H and O–H groups in total. The Labute approximate surface area is 76.5 Å². The number of aromatic nitrogens is 1. The Morgan fingerprint density at radius 2 is 2.31 bits per heavy atom. The molecule has 0 aliphatic rings. The lowest BCUT2D eigenvalue weighted by Gasteiger charge is -2.06. The van der Waals surface area contributed by atoms with Crippen LogP contribution in [0.25, 0.3) is 0 Å². The first-order chi connectivity index (χ1) is 6.08. The van der Waals surface area contributed by atoms with E-state index in [9.17, 15) is 13.2 Å². The van der Waals surface area contributed by atoms with E-state index in [1.165, 1.54) is 11.3 Å². The zero-order chi connectivity index (χ0) is 9.73. The predicted octanol–water partition coefficient (Wildman–Crippen LogP) is 1.73. The Bertz CT molecular complexity index is 237. The molecule has 0 saturated heterocycles. The first-order valence-electron chi connectivity index (χ1n) is 3.38. The van der Waals surface area contributed by atoms with Crippen LogP contribution in [0.4, 0.5) is 13.2 Å². The lowest BCUT2D eigenvalue weighted by molar-refractivity contribution is -0.190. The lowest BCUT2D eigenvalue weighted by Crippen LogP contribution is -2.24. The van der Waals surface area contributed by atoms with Gasteiger partial charge in [0.1, 0.15) is 5.01 Å². The van der Waals surface area contributed by atoms with Crippen molar-refractivity contribution in [3.8, 4) is 0 Å². The van der Waals surface area contributed by atoms with Gasteiger partial charge in [0.15, 0.2) is 6.61 Å². The van der Waals surface area contributed by atoms with Gasteiger partial charge in [0.05, 0.1) is 6.54 Å². The standard InChI is InChI=1S/C6H7F3N2OS/c7-6(8,9)4-12-11-3-5-10-1-2-13-5/h1-2,11H,3-4H2. The number of nitrogens with zero attached hydrogens (tertiary/aromatic N) is 1. The van der Waals surface area contributed by atoms with Crippen molar-refractivity contribution in [2.45, 2.75) is 12.7 Å². The maximum atomic E-state index is 11.5. The summed E-state index contributed by atoms with van der Waals surface area (Å²) in [6, 6.07) is 0. The highest BCUT2D eigenvalue weighted by molar-refractivity contribution is 7.09. The molecule has 0 amide bonds. The summed E-state index contributed by atoms with van der Waals surface area (Å²) in [5.41, 5.74) is 2.17. The molecule has 3 nitrogen and oxygen atoms in total. The molecule has 13 heavy (non-hydrogen) atoms. The first-order valence-corrected chi connectivity index (χ1v) is 4.26. The van der Waals surface area contributed by atoms with Gasteiger partial charge in [-0.3, -0.25) is 4.84 Å². The zero-order valence-electron chi connectivity index (χ0n) is 6.47. The van der Waals surface area contributed by atoms with Gasteiger partial charge in [-0.05, 0) is 0 Å². The SMILES string of the molecule is FC(F)(F)CONCc1nccs1. The summed E-state index contributed by atoms with van der Waals surface area (Å²) in [4.78, 5) is 8.01. The monoisotopic (exact) mass is 212 g/mol. The molecule has 0 spiro atoms. The van der Waals surface area contributed by atoms with E-state index in [-0.39, 0.29) is 6.54 Å². The molecule has 0 bridgehead atoms. The van der Waals surface area contributed by atoms with Crippen LogP contribution >= 0.6 is 11.3 Å². The Hall–Kier alpha value is -0.660. The molecule has 1 rings (SSSR count). The van der Waals surface area contributed by atoms with Gasteiger partial charge in [0, 0.05) is 11.6 Å². The van der Waals surface area contributed by atoms with Crippen molar-refractivity contribution in [1.82, 2.24) is 10.5 Å². The van der Waals surface area contributed by atoms with E-state index in [4.69, 9.17) is 0 Å². The van der Waals surface area contributed by atoms with E-state index in [1.54, 1.807) is 11.6 Å². The summed E-state index contributed by atoms with van der Waals surface area (Å²) in [5.74, 6) is 0.